The molecule has 7 fully saturated rings. The van der Waals surface area contributed by atoms with Crippen LogP contribution in [0.3, 0.4) is 0 Å². The number of aliphatic hydroxyl groups excluding tert-OH is 4. The van der Waals surface area contributed by atoms with E-state index in [0.29, 0.717) is 43.4 Å². The maximum atomic E-state index is 12.2. The first-order valence-corrected chi connectivity index (χ1v) is 27.5. The number of ether oxygens (including phenoxy) is 4. The van der Waals surface area contributed by atoms with Crippen LogP contribution in [0.25, 0.3) is 0 Å². The average Bonchev–Trinajstić information content (AvgIpc) is 3.71. The molecule has 7 saturated carbocycles. The van der Waals surface area contributed by atoms with Crippen LogP contribution >= 0.6 is 31.9 Å². The fourth-order valence-electron chi connectivity index (χ4n) is 15.9. The molecule has 0 aliphatic heterocycles. The van der Waals surface area contributed by atoms with Gasteiger partial charge in [-0.1, -0.05) is 84.0 Å². The van der Waals surface area contributed by atoms with E-state index in [0.717, 1.165) is 96.3 Å². The van der Waals surface area contributed by atoms with Crippen molar-refractivity contribution < 1.29 is 58.6 Å². The number of esters is 4. The van der Waals surface area contributed by atoms with Gasteiger partial charge in [-0.3, -0.25) is 19.2 Å². The number of hydrogen-bond acceptors (Lipinski definition) is 12. The molecule has 7 unspecified atom stereocenters. The van der Waals surface area contributed by atoms with Crippen LogP contribution in [0.15, 0.2) is 11.6 Å². The van der Waals surface area contributed by atoms with Gasteiger partial charge in [-0.05, 0) is 142 Å². The minimum Gasteiger partial charge on any atom is -0.462 e. The number of fused-ring (bicyclic) bond motifs is 10. The summed E-state index contributed by atoms with van der Waals surface area (Å²) in [4.78, 5) is 48.0. The van der Waals surface area contributed by atoms with Gasteiger partial charge in [-0.15, -0.1) is 0 Å². The zero-order valence-electron chi connectivity index (χ0n) is 40.4. The molecule has 0 aromatic rings. The minimum absolute atomic E-state index is 0.00620. The third kappa shape index (κ3) is 9.62. The van der Waals surface area contributed by atoms with Crippen LogP contribution in [0.2, 0.25) is 0 Å². The van der Waals surface area contributed by atoms with Crippen LogP contribution in [-0.2, 0) is 38.1 Å². The van der Waals surface area contributed by atoms with E-state index in [1.165, 1.54) is 19.4 Å². The second-order valence-electron chi connectivity index (χ2n) is 22.6. The lowest BCUT2D eigenvalue weighted by Crippen LogP contribution is -2.60. The molecule has 19 atom stereocenters. The molecule has 0 saturated heterocycles. The Kier molecular flexibility index (Phi) is 16.6. The summed E-state index contributed by atoms with van der Waals surface area (Å²) >= 11 is 7.48. The Bertz CT molecular complexity index is 1790. The summed E-state index contributed by atoms with van der Waals surface area (Å²) in [5, 5.41) is 43.9. The van der Waals surface area contributed by atoms with Crippen molar-refractivity contribution in [2.75, 3.05) is 13.2 Å². The van der Waals surface area contributed by atoms with Gasteiger partial charge in [-0.25, -0.2) is 0 Å². The zero-order valence-corrected chi connectivity index (χ0v) is 43.6. The van der Waals surface area contributed by atoms with Gasteiger partial charge in [0.1, 0.15) is 24.4 Å². The molecule has 4 N–H and O–H groups in total. The number of aliphatic hydroxyl groups is 4. The van der Waals surface area contributed by atoms with E-state index in [1.54, 1.807) is 0 Å². The topological polar surface area (TPSA) is 186 Å². The number of rotatable bonds is 12. The van der Waals surface area contributed by atoms with Crippen LogP contribution < -0.4 is 0 Å². The predicted molar refractivity (Wildman–Crippen MR) is 255 cm³/mol. The number of hydrogen-bond donors (Lipinski definition) is 4. The molecule has 374 valence electrons. The summed E-state index contributed by atoms with van der Waals surface area (Å²) < 4.78 is 23.1. The molecule has 0 radical (unpaired) electrons. The highest BCUT2D eigenvalue weighted by molar-refractivity contribution is 9.09. The molecule has 0 bridgehead atoms. The lowest BCUT2D eigenvalue weighted by molar-refractivity contribution is -0.197. The van der Waals surface area contributed by atoms with Crippen molar-refractivity contribution in [2.24, 2.45) is 63.1 Å². The molecule has 0 aromatic heterocycles. The summed E-state index contributed by atoms with van der Waals surface area (Å²) in [5.41, 5.74) is 0.266. The largest absolute Gasteiger partial charge is 0.462 e. The quantitative estimate of drug-likeness (QED) is 0.0632. The third-order valence-electron chi connectivity index (χ3n) is 19.2. The van der Waals surface area contributed by atoms with E-state index in [4.69, 9.17) is 18.9 Å². The van der Waals surface area contributed by atoms with Crippen LogP contribution in [0.4, 0.5) is 0 Å². The molecule has 8 aliphatic rings. The highest BCUT2D eigenvalue weighted by Crippen LogP contribution is 2.68. The SMILES string of the molecule is CCCCC(=O)O[C@H]1CC[C@@]2(C)C(=C[C@H](O)C3C4C[C@@H](Br)[C@H](OC(C)=O)[C@@]4(CO)CCC32)C1.CCCCC(=O)O[C@H]1CC[C@@]2(C)C(C1)C[C@H](O)C1C2CC[C@@]2(CO)C1C[C@@H](Br)[C@@H]2OC(C)=O. The summed E-state index contributed by atoms with van der Waals surface area (Å²) in [6.07, 6.45) is 15.6. The second kappa shape index (κ2) is 21.0. The molecule has 0 aromatic carbocycles. The first-order valence-electron chi connectivity index (χ1n) is 25.6. The fraction of sp³-hybridized carbons (Fsp3) is 0.885. The van der Waals surface area contributed by atoms with E-state index in [1.807, 2.05) is 6.08 Å². The van der Waals surface area contributed by atoms with Crippen LogP contribution in [-0.4, -0.2) is 104 Å². The highest BCUT2D eigenvalue weighted by Gasteiger charge is 2.68. The summed E-state index contributed by atoms with van der Waals surface area (Å²) in [6.45, 7) is 11.6. The third-order valence-corrected chi connectivity index (χ3v) is 20.9. The molecule has 0 spiro atoms. The van der Waals surface area contributed by atoms with E-state index < -0.39 is 23.0 Å². The van der Waals surface area contributed by atoms with Gasteiger partial charge in [0.05, 0.1) is 35.1 Å². The number of carbonyl (C=O) groups excluding carboxylic acids is 4. The van der Waals surface area contributed by atoms with Crippen molar-refractivity contribution in [2.45, 2.75) is 210 Å². The lowest BCUT2D eigenvalue weighted by Gasteiger charge is -2.62. The maximum Gasteiger partial charge on any atom is 0.306 e. The molecule has 14 heteroatoms. The summed E-state index contributed by atoms with van der Waals surface area (Å²) in [6, 6.07) is 0. The smallest absolute Gasteiger partial charge is 0.306 e. The Morgan fingerprint density at radius 2 is 1.17 bits per heavy atom. The van der Waals surface area contributed by atoms with Crippen molar-refractivity contribution >= 4 is 55.7 Å². The second-order valence-corrected chi connectivity index (χ2v) is 24.9. The van der Waals surface area contributed by atoms with E-state index in [9.17, 15) is 39.6 Å². The molecular weight excluding hydrogens is 976 g/mol. The maximum absolute atomic E-state index is 12.2. The zero-order chi connectivity index (χ0) is 47.9. The average molecular weight is 1060 g/mol. The van der Waals surface area contributed by atoms with Crippen molar-refractivity contribution in [1.82, 2.24) is 0 Å². The fourth-order valence-corrected chi connectivity index (χ4v) is 18.0. The first kappa shape index (κ1) is 52.2. The number of alkyl halides is 2. The van der Waals surface area contributed by atoms with E-state index in [-0.39, 0.29) is 106 Å². The molecule has 8 rings (SSSR count). The van der Waals surface area contributed by atoms with Crippen molar-refractivity contribution in [3.05, 3.63) is 11.6 Å². The van der Waals surface area contributed by atoms with E-state index >= 15 is 0 Å². The predicted octanol–water partition coefficient (Wildman–Crippen LogP) is 8.68. The normalized spacial score (nSPS) is 45.4. The molecule has 0 heterocycles. The van der Waals surface area contributed by atoms with Gasteiger partial charge < -0.3 is 39.4 Å². The molecule has 0 amide bonds. The van der Waals surface area contributed by atoms with E-state index in [2.05, 4.69) is 59.6 Å². The van der Waals surface area contributed by atoms with Crippen LogP contribution in [0.5, 0.6) is 0 Å². The van der Waals surface area contributed by atoms with Gasteiger partial charge in [0.15, 0.2) is 0 Å². The molecule has 66 heavy (non-hydrogen) atoms. The number of carbonyl (C=O) groups is 4. The lowest BCUT2D eigenvalue weighted by atomic mass is 9.44. The number of unbranched alkanes of at least 4 members (excludes halogenated alkanes) is 2. The number of halogens is 2. The first-order chi connectivity index (χ1) is 31.3. The van der Waals surface area contributed by atoms with Gasteiger partial charge in [0, 0.05) is 43.9 Å². The minimum atomic E-state index is -0.611. The van der Waals surface area contributed by atoms with Gasteiger partial charge in [0.2, 0.25) is 0 Å². The molecule has 8 aliphatic carbocycles. The molecular formula is C52H80Br2O12. The van der Waals surface area contributed by atoms with Crippen LogP contribution in [0, 0.1) is 63.1 Å². The van der Waals surface area contributed by atoms with Gasteiger partial charge in [0.25, 0.3) is 0 Å². The summed E-state index contributed by atoms with van der Waals surface area (Å²) in [5.74, 6) is 0.448. The Morgan fingerprint density at radius 3 is 1.70 bits per heavy atom. The summed E-state index contributed by atoms with van der Waals surface area (Å²) in [7, 11) is 0. The Balaban J connectivity index is 0.000000196. The van der Waals surface area contributed by atoms with Gasteiger partial charge >= 0.3 is 23.9 Å². The Hall–Kier alpha value is -1.58. The Morgan fingerprint density at radius 1 is 0.652 bits per heavy atom. The Labute approximate surface area is 410 Å². The highest BCUT2D eigenvalue weighted by atomic mass is 79.9. The van der Waals surface area contributed by atoms with Crippen molar-refractivity contribution in [3.63, 3.8) is 0 Å². The monoisotopic (exact) mass is 1050 g/mol. The standard InChI is InChI=1S/C26H41BrO6.C26H39BrO6/c2*1-4-5-6-22(31)33-17-7-9-25(3)16(11-17)12-21(30)23-18(25)8-10-26(14-28)19(23)13-20(27)24(26)32-15(2)29/h16-21,23-24,28,30H,4-14H2,1-3H3;12,17-21,23-24,28,30H,4-11,13-14H2,1-3H3/t16?,17-,18?,19?,20+,21-,23?,24-,25-,26+;17-,18?,19?,20+,21-,23?,24-,25-,26+/m00/s1. The van der Waals surface area contributed by atoms with Crippen molar-refractivity contribution in [3.8, 4) is 0 Å². The van der Waals surface area contributed by atoms with Crippen LogP contribution in [0.1, 0.15) is 164 Å². The van der Waals surface area contributed by atoms with Crippen molar-refractivity contribution in [1.29, 1.82) is 0 Å². The van der Waals surface area contributed by atoms with Gasteiger partial charge in [-0.2, -0.15) is 0 Å². The molecule has 12 nitrogen and oxygen atoms in total.